The Kier molecular flexibility index (Phi) is 5.74. The van der Waals surface area contributed by atoms with Gasteiger partial charge >= 0.3 is 0 Å². The smallest absolute Gasteiger partial charge is 0.224 e. The van der Waals surface area contributed by atoms with Gasteiger partial charge in [-0.2, -0.15) is 0 Å². The van der Waals surface area contributed by atoms with Crippen molar-refractivity contribution in [3.05, 3.63) is 29.3 Å². The normalized spacial score (nSPS) is 16.2. The van der Waals surface area contributed by atoms with Gasteiger partial charge in [-0.15, -0.1) is 0 Å². The number of benzene rings is 1. The lowest BCUT2D eigenvalue weighted by Gasteiger charge is -2.16. The molecule has 1 fully saturated rings. The van der Waals surface area contributed by atoms with E-state index in [1.54, 1.807) is 0 Å². The summed E-state index contributed by atoms with van der Waals surface area (Å²) in [5.41, 5.74) is 8.29. The summed E-state index contributed by atoms with van der Waals surface area (Å²) >= 11 is 5.10. The first-order valence-corrected chi connectivity index (χ1v) is 8.18. The number of anilines is 1. The second-order valence-electron chi connectivity index (χ2n) is 5.97. The third-order valence-electron chi connectivity index (χ3n) is 4.24. The zero-order valence-electron chi connectivity index (χ0n) is 12.7. The Morgan fingerprint density at radius 3 is 2.57 bits per heavy atom. The van der Waals surface area contributed by atoms with E-state index in [4.69, 9.17) is 18.0 Å². The summed E-state index contributed by atoms with van der Waals surface area (Å²) in [4.78, 5) is 12.6. The maximum Gasteiger partial charge on any atom is 0.224 e. The summed E-state index contributed by atoms with van der Waals surface area (Å²) in [6, 6.07) is 5.74. The summed E-state index contributed by atoms with van der Waals surface area (Å²) in [7, 11) is 0. The molecule has 0 radical (unpaired) electrons. The van der Waals surface area contributed by atoms with E-state index in [9.17, 15) is 4.79 Å². The van der Waals surface area contributed by atoms with Crippen LogP contribution < -0.4 is 11.1 Å². The summed E-state index contributed by atoms with van der Waals surface area (Å²) < 4.78 is 0. The molecule has 0 atom stereocenters. The minimum Gasteiger partial charge on any atom is -0.389 e. The molecular weight excluding hydrogens is 280 g/mol. The lowest BCUT2D eigenvalue weighted by molar-refractivity contribution is -0.117. The van der Waals surface area contributed by atoms with Crippen molar-refractivity contribution in [1.82, 2.24) is 0 Å². The van der Waals surface area contributed by atoms with E-state index < -0.39 is 0 Å². The minimum absolute atomic E-state index is 0.0741. The van der Waals surface area contributed by atoms with Crippen LogP contribution in [-0.4, -0.2) is 10.9 Å². The van der Waals surface area contributed by atoms with Gasteiger partial charge in [0.25, 0.3) is 0 Å². The second kappa shape index (κ2) is 7.55. The molecule has 3 nitrogen and oxygen atoms in total. The first-order valence-electron chi connectivity index (χ1n) is 7.77. The number of nitrogens with two attached hydrogens (primary N) is 1. The van der Waals surface area contributed by atoms with Crippen molar-refractivity contribution in [3.8, 4) is 0 Å². The number of carbonyl (C=O) groups excluding carboxylic acids is 1. The van der Waals surface area contributed by atoms with Gasteiger partial charge in [-0.25, -0.2) is 0 Å². The van der Waals surface area contributed by atoms with Crippen molar-refractivity contribution in [1.29, 1.82) is 0 Å². The Hall–Kier alpha value is -1.42. The molecule has 114 valence electrons. The molecule has 4 heteroatoms. The zero-order valence-corrected chi connectivity index (χ0v) is 13.5. The van der Waals surface area contributed by atoms with Crippen LogP contribution in [-0.2, 0) is 4.79 Å². The molecule has 1 saturated carbocycles. The predicted molar refractivity (Wildman–Crippen MR) is 91.5 cm³/mol. The number of thiocarbonyl (C=S) groups is 1. The van der Waals surface area contributed by atoms with Crippen LogP contribution in [0.4, 0.5) is 5.69 Å². The number of amides is 1. The van der Waals surface area contributed by atoms with Gasteiger partial charge in [-0.3, -0.25) is 4.79 Å². The first kappa shape index (κ1) is 16.0. The predicted octanol–water partition coefficient (Wildman–Crippen LogP) is 3.93. The standard InChI is InChI=1S/C17H24N2OS/c1-12-7-6-10-14(16(12)17(18)21)19-15(20)11-13-8-4-2-3-5-9-13/h6-7,10,13H,2-5,8-9,11H2,1H3,(H2,18,21)(H,19,20). The molecular formula is C17H24N2OS. The van der Waals surface area contributed by atoms with E-state index in [-0.39, 0.29) is 5.91 Å². The largest absolute Gasteiger partial charge is 0.389 e. The average Bonchev–Trinajstić information content (AvgIpc) is 2.66. The van der Waals surface area contributed by atoms with Gasteiger partial charge in [-0.1, -0.05) is 50.0 Å². The Labute approximate surface area is 132 Å². The van der Waals surface area contributed by atoms with E-state index in [0.29, 0.717) is 17.3 Å². The third-order valence-corrected chi connectivity index (χ3v) is 4.45. The number of aryl methyl sites for hydroxylation is 1. The van der Waals surface area contributed by atoms with Crippen molar-refractivity contribution >= 4 is 28.8 Å². The fraction of sp³-hybridized carbons (Fsp3) is 0.529. The first-order chi connectivity index (χ1) is 10.1. The maximum atomic E-state index is 12.3. The van der Waals surface area contributed by atoms with Gasteiger partial charge in [0.2, 0.25) is 5.91 Å². The summed E-state index contributed by atoms with van der Waals surface area (Å²) in [6.45, 7) is 1.95. The molecule has 1 amide bonds. The van der Waals surface area contributed by atoms with E-state index in [1.165, 1.54) is 38.5 Å². The molecule has 0 bridgehead atoms. The van der Waals surface area contributed by atoms with Crippen LogP contribution in [0, 0.1) is 12.8 Å². The van der Waals surface area contributed by atoms with Crippen LogP contribution in [0.15, 0.2) is 18.2 Å². The van der Waals surface area contributed by atoms with Crippen molar-refractivity contribution in [3.63, 3.8) is 0 Å². The lowest BCUT2D eigenvalue weighted by Crippen LogP contribution is -2.20. The third kappa shape index (κ3) is 4.53. The van der Waals surface area contributed by atoms with Crippen molar-refractivity contribution in [2.45, 2.75) is 51.9 Å². The number of hydrogen-bond acceptors (Lipinski definition) is 2. The molecule has 0 spiro atoms. The van der Waals surface area contributed by atoms with Crippen LogP contribution in [0.5, 0.6) is 0 Å². The molecule has 0 unspecified atom stereocenters. The highest BCUT2D eigenvalue weighted by atomic mass is 32.1. The van der Waals surface area contributed by atoms with Gasteiger partial charge in [0, 0.05) is 12.0 Å². The SMILES string of the molecule is Cc1cccc(NC(=O)CC2CCCCCC2)c1C(N)=S. The van der Waals surface area contributed by atoms with Crippen LogP contribution in [0.3, 0.4) is 0 Å². The Morgan fingerprint density at radius 2 is 1.95 bits per heavy atom. The number of nitrogens with one attached hydrogen (secondary N) is 1. The van der Waals surface area contributed by atoms with E-state index >= 15 is 0 Å². The van der Waals surface area contributed by atoms with E-state index in [0.717, 1.165) is 16.8 Å². The number of carbonyl (C=O) groups is 1. The van der Waals surface area contributed by atoms with Crippen molar-refractivity contribution < 1.29 is 4.79 Å². The van der Waals surface area contributed by atoms with E-state index in [1.807, 2.05) is 25.1 Å². The summed E-state index contributed by atoms with van der Waals surface area (Å²) in [5.74, 6) is 0.593. The highest BCUT2D eigenvalue weighted by molar-refractivity contribution is 7.80. The number of rotatable bonds is 4. The van der Waals surface area contributed by atoms with Crippen LogP contribution >= 0.6 is 12.2 Å². The fourth-order valence-corrected chi connectivity index (χ4v) is 3.40. The highest BCUT2D eigenvalue weighted by Crippen LogP contribution is 2.26. The molecule has 1 aromatic carbocycles. The lowest BCUT2D eigenvalue weighted by atomic mass is 9.96. The van der Waals surface area contributed by atoms with Crippen LogP contribution in [0.25, 0.3) is 0 Å². The molecule has 0 aliphatic heterocycles. The topological polar surface area (TPSA) is 55.1 Å². The molecule has 1 aromatic rings. The second-order valence-corrected chi connectivity index (χ2v) is 6.41. The summed E-state index contributed by atoms with van der Waals surface area (Å²) in [6.07, 6.45) is 8.06. The molecule has 2 rings (SSSR count). The Bertz CT molecular complexity index is 520. The Morgan fingerprint density at radius 1 is 1.29 bits per heavy atom. The van der Waals surface area contributed by atoms with E-state index in [2.05, 4.69) is 5.32 Å². The maximum absolute atomic E-state index is 12.3. The molecule has 0 aromatic heterocycles. The fourth-order valence-electron chi connectivity index (χ4n) is 3.13. The van der Waals surface area contributed by atoms with Crippen molar-refractivity contribution in [2.75, 3.05) is 5.32 Å². The monoisotopic (exact) mass is 304 g/mol. The van der Waals surface area contributed by atoms with Crippen molar-refractivity contribution in [2.24, 2.45) is 11.7 Å². The van der Waals surface area contributed by atoms with Gasteiger partial charge in [0.1, 0.15) is 4.99 Å². The minimum atomic E-state index is 0.0741. The molecule has 0 saturated heterocycles. The highest BCUT2D eigenvalue weighted by Gasteiger charge is 2.17. The average molecular weight is 304 g/mol. The van der Waals surface area contributed by atoms with Crippen LogP contribution in [0.2, 0.25) is 0 Å². The quantitative estimate of drug-likeness (QED) is 0.654. The summed E-state index contributed by atoms with van der Waals surface area (Å²) in [5, 5.41) is 2.99. The van der Waals surface area contributed by atoms with Gasteiger partial charge in [0.15, 0.2) is 0 Å². The Balaban J connectivity index is 2.02. The molecule has 0 heterocycles. The molecule has 1 aliphatic carbocycles. The zero-order chi connectivity index (χ0) is 15.2. The molecule has 21 heavy (non-hydrogen) atoms. The van der Waals surface area contributed by atoms with Gasteiger partial charge in [0.05, 0.1) is 5.69 Å². The number of hydrogen-bond donors (Lipinski definition) is 2. The van der Waals surface area contributed by atoms with Crippen LogP contribution in [0.1, 0.15) is 56.1 Å². The van der Waals surface area contributed by atoms with Gasteiger partial charge < -0.3 is 11.1 Å². The molecule has 1 aliphatic rings. The van der Waals surface area contributed by atoms with Gasteiger partial charge in [-0.05, 0) is 37.3 Å². The molecule has 3 N–H and O–H groups in total.